The normalized spacial score (nSPS) is 29.8. The quantitative estimate of drug-likeness (QED) is 0.684. The van der Waals surface area contributed by atoms with Gasteiger partial charge in [-0.15, -0.1) is 0 Å². The number of hydrogen-bond acceptors (Lipinski definition) is 2. The van der Waals surface area contributed by atoms with E-state index in [4.69, 9.17) is 4.74 Å². The van der Waals surface area contributed by atoms with Crippen LogP contribution in [0.5, 0.6) is 0 Å². The number of rotatable bonds is 2. The van der Waals surface area contributed by atoms with Gasteiger partial charge in [-0.05, 0) is 19.8 Å². The summed E-state index contributed by atoms with van der Waals surface area (Å²) >= 11 is 0. The van der Waals surface area contributed by atoms with E-state index in [0.29, 0.717) is 11.5 Å². The molecule has 1 aliphatic rings. The van der Waals surface area contributed by atoms with Gasteiger partial charge in [0.25, 0.3) is 0 Å². The van der Waals surface area contributed by atoms with Gasteiger partial charge in [-0.25, -0.2) is 0 Å². The Labute approximate surface area is 75.7 Å². The predicted octanol–water partition coefficient (Wildman–Crippen LogP) is 1.80. The molecule has 1 rings (SSSR count). The van der Waals surface area contributed by atoms with Crippen molar-refractivity contribution in [3.8, 4) is 0 Å². The fourth-order valence-corrected chi connectivity index (χ4v) is 1.66. The Bertz CT molecular complexity index is 132. The maximum atomic E-state index is 5.64. The SMILES string of the molecule is CCC1(CC)CNC(C)COC1. The molecule has 0 bridgehead atoms. The highest BCUT2D eigenvalue weighted by Gasteiger charge is 2.29. The van der Waals surface area contributed by atoms with Gasteiger partial charge in [-0.1, -0.05) is 13.8 Å². The van der Waals surface area contributed by atoms with Crippen LogP contribution in [-0.2, 0) is 4.74 Å². The molecule has 1 fully saturated rings. The van der Waals surface area contributed by atoms with Gasteiger partial charge in [-0.2, -0.15) is 0 Å². The summed E-state index contributed by atoms with van der Waals surface area (Å²) in [5, 5.41) is 3.51. The lowest BCUT2D eigenvalue weighted by molar-refractivity contribution is 0.0590. The Morgan fingerprint density at radius 3 is 2.67 bits per heavy atom. The maximum Gasteiger partial charge on any atom is 0.0617 e. The van der Waals surface area contributed by atoms with Gasteiger partial charge in [0.15, 0.2) is 0 Å². The summed E-state index contributed by atoms with van der Waals surface area (Å²) in [5.74, 6) is 0. The summed E-state index contributed by atoms with van der Waals surface area (Å²) in [6.45, 7) is 9.59. The minimum Gasteiger partial charge on any atom is -0.379 e. The molecule has 2 nitrogen and oxygen atoms in total. The molecule has 1 saturated heterocycles. The van der Waals surface area contributed by atoms with Crippen LogP contribution in [0.1, 0.15) is 33.6 Å². The van der Waals surface area contributed by atoms with Crippen LogP contribution in [0.4, 0.5) is 0 Å². The van der Waals surface area contributed by atoms with E-state index in [0.717, 1.165) is 19.8 Å². The van der Waals surface area contributed by atoms with Crippen molar-refractivity contribution in [3.05, 3.63) is 0 Å². The van der Waals surface area contributed by atoms with E-state index in [1.807, 2.05) is 0 Å². The Balaban J connectivity index is 2.52. The summed E-state index contributed by atoms with van der Waals surface area (Å²) in [6.07, 6.45) is 2.42. The van der Waals surface area contributed by atoms with Gasteiger partial charge in [0.1, 0.15) is 0 Å². The summed E-state index contributed by atoms with van der Waals surface area (Å²) in [5.41, 5.74) is 0.394. The first kappa shape index (κ1) is 10.0. The molecule has 1 N–H and O–H groups in total. The fourth-order valence-electron chi connectivity index (χ4n) is 1.66. The van der Waals surface area contributed by atoms with Crippen LogP contribution in [0.2, 0.25) is 0 Å². The van der Waals surface area contributed by atoms with Crippen molar-refractivity contribution in [1.29, 1.82) is 0 Å². The monoisotopic (exact) mass is 171 g/mol. The van der Waals surface area contributed by atoms with Crippen molar-refractivity contribution >= 4 is 0 Å². The first-order valence-electron chi connectivity index (χ1n) is 5.03. The van der Waals surface area contributed by atoms with E-state index in [1.165, 1.54) is 12.8 Å². The van der Waals surface area contributed by atoms with E-state index in [2.05, 4.69) is 26.1 Å². The minimum absolute atomic E-state index is 0.394. The lowest BCUT2D eigenvalue weighted by Gasteiger charge is -2.29. The van der Waals surface area contributed by atoms with Crippen molar-refractivity contribution in [1.82, 2.24) is 5.32 Å². The van der Waals surface area contributed by atoms with Crippen LogP contribution >= 0.6 is 0 Å². The molecule has 0 saturated carbocycles. The largest absolute Gasteiger partial charge is 0.379 e. The predicted molar refractivity (Wildman–Crippen MR) is 51.3 cm³/mol. The molecular weight excluding hydrogens is 150 g/mol. The van der Waals surface area contributed by atoms with Crippen LogP contribution in [0, 0.1) is 5.41 Å². The third-order valence-electron chi connectivity index (χ3n) is 3.10. The molecule has 0 spiro atoms. The maximum absolute atomic E-state index is 5.64. The van der Waals surface area contributed by atoms with Gasteiger partial charge in [0.05, 0.1) is 13.2 Å². The summed E-state index contributed by atoms with van der Waals surface area (Å²) < 4.78 is 5.64. The van der Waals surface area contributed by atoms with E-state index in [9.17, 15) is 0 Å². The van der Waals surface area contributed by atoms with Crippen molar-refractivity contribution in [3.63, 3.8) is 0 Å². The Morgan fingerprint density at radius 1 is 1.42 bits per heavy atom. The van der Waals surface area contributed by atoms with Gasteiger partial charge < -0.3 is 10.1 Å². The molecule has 12 heavy (non-hydrogen) atoms. The third-order valence-corrected chi connectivity index (χ3v) is 3.10. The van der Waals surface area contributed by atoms with Crippen LogP contribution < -0.4 is 5.32 Å². The Hall–Kier alpha value is -0.0800. The smallest absolute Gasteiger partial charge is 0.0617 e. The van der Waals surface area contributed by atoms with E-state index in [-0.39, 0.29) is 0 Å². The zero-order valence-electron chi connectivity index (χ0n) is 8.52. The number of hydrogen-bond donors (Lipinski definition) is 1. The molecule has 1 unspecified atom stereocenters. The van der Waals surface area contributed by atoms with Crippen molar-refractivity contribution in [2.24, 2.45) is 5.41 Å². The van der Waals surface area contributed by atoms with E-state index < -0.39 is 0 Å². The first-order valence-corrected chi connectivity index (χ1v) is 5.03. The minimum atomic E-state index is 0.394. The molecule has 0 aromatic rings. The molecular formula is C10H21NO. The molecule has 0 amide bonds. The van der Waals surface area contributed by atoms with E-state index in [1.54, 1.807) is 0 Å². The molecule has 0 radical (unpaired) electrons. The molecule has 0 aromatic carbocycles. The zero-order chi connectivity index (χ0) is 9.03. The first-order chi connectivity index (χ1) is 5.72. The summed E-state index contributed by atoms with van der Waals surface area (Å²) in [7, 11) is 0. The van der Waals surface area contributed by atoms with Gasteiger partial charge >= 0.3 is 0 Å². The molecule has 0 aromatic heterocycles. The second-order valence-corrected chi connectivity index (χ2v) is 4.00. The highest BCUT2D eigenvalue weighted by atomic mass is 16.5. The average molecular weight is 171 g/mol. The standard InChI is InChI=1S/C10H21NO/c1-4-10(5-2)7-11-9(3)6-12-8-10/h9,11H,4-8H2,1-3H3. The second-order valence-electron chi connectivity index (χ2n) is 4.00. The van der Waals surface area contributed by atoms with Crippen molar-refractivity contribution in [2.75, 3.05) is 19.8 Å². The third kappa shape index (κ3) is 2.20. The summed E-state index contributed by atoms with van der Waals surface area (Å²) in [6, 6.07) is 0.518. The molecule has 1 heterocycles. The van der Waals surface area contributed by atoms with Gasteiger partial charge in [0, 0.05) is 18.0 Å². The Kier molecular flexibility index (Phi) is 3.53. The molecule has 0 aliphatic carbocycles. The van der Waals surface area contributed by atoms with Gasteiger partial charge in [-0.3, -0.25) is 0 Å². The Morgan fingerprint density at radius 2 is 2.08 bits per heavy atom. The second kappa shape index (κ2) is 4.24. The van der Waals surface area contributed by atoms with Crippen LogP contribution in [0.25, 0.3) is 0 Å². The zero-order valence-corrected chi connectivity index (χ0v) is 8.52. The fraction of sp³-hybridized carbons (Fsp3) is 1.00. The summed E-state index contributed by atoms with van der Waals surface area (Å²) in [4.78, 5) is 0. The molecule has 72 valence electrons. The molecule has 1 aliphatic heterocycles. The molecule has 2 heteroatoms. The van der Waals surface area contributed by atoms with Crippen molar-refractivity contribution in [2.45, 2.75) is 39.7 Å². The lowest BCUT2D eigenvalue weighted by Crippen LogP contribution is -2.37. The number of nitrogens with one attached hydrogen (secondary N) is 1. The average Bonchev–Trinajstić information content (AvgIpc) is 2.28. The van der Waals surface area contributed by atoms with Gasteiger partial charge in [0.2, 0.25) is 0 Å². The van der Waals surface area contributed by atoms with Crippen molar-refractivity contribution < 1.29 is 4.74 Å². The topological polar surface area (TPSA) is 21.3 Å². The van der Waals surface area contributed by atoms with Crippen LogP contribution in [0.15, 0.2) is 0 Å². The van der Waals surface area contributed by atoms with E-state index >= 15 is 0 Å². The number of ether oxygens (including phenoxy) is 1. The molecule has 1 atom stereocenters. The lowest BCUT2D eigenvalue weighted by atomic mass is 9.83. The highest BCUT2D eigenvalue weighted by Crippen LogP contribution is 2.27. The van der Waals surface area contributed by atoms with Crippen LogP contribution in [0.3, 0.4) is 0 Å². The highest BCUT2D eigenvalue weighted by molar-refractivity contribution is 4.82. The van der Waals surface area contributed by atoms with Crippen LogP contribution in [-0.4, -0.2) is 25.8 Å².